The quantitative estimate of drug-likeness (QED) is 0.933. The highest BCUT2D eigenvalue weighted by molar-refractivity contribution is 5.97. The fourth-order valence-electron chi connectivity index (χ4n) is 3.46. The molecule has 1 aromatic rings. The number of nitrogens with one attached hydrogen (secondary N) is 1. The Hall–Kier alpha value is -1.84. The van der Waals surface area contributed by atoms with Gasteiger partial charge >= 0.3 is 0 Å². The molecule has 0 bridgehead atoms. The monoisotopic (exact) mass is 300 g/mol. The van der Waals surface area contributed by atoms with E-state index in [0.29, 0.717) is 13.0 Å². The first-order chi connectivity index (χ1) is 10.6. The summed E-state index contributed by atoms with van der Waals surface area (Å²) in [5.74, 6) is 0.387. The maximum atomic E-state index is 12.3. The van der Waals surface area contributed by atoms with Crippen LogP contribution in [0.15, 0.2) is 24.3 Å². The third kappa shape index (κ3) is 3.32. The summed E-state index contributed by atoms with van der Waals surface area (Å²) >= 11 is 0. The summed E-state index contributed by atoms with van der Waals surface area (Å²) in [5, 5.41) is 3.09. The maximum absolute atomic E-state index is 12.3. The molecular formula is C18H24N2O2. The van der Waals surface area contributed by atoms with Gasteiger partial charge in [0.1, 0.15) is 0 Å². The first kappa shape index (κ1) is 15.1. The first-order valence-corrected chi connectivity index (χ1v) is 8.31. The van der Waals surface area contributed by atoms with Crippen LogP contribution in [0.3, 0.4) is 0 Å². The molecule has 0 spiro atoms. The molecule has 1 heterocycles. The van der Waals surface area contributed by atoms with Crippen LogP contribution in [0.4, 0.5) is 5.69 Å². The highest BCUT2D eigenvalue weighted by Gasteiger charge is 2.33. The Labute approximate surface area is 131 Å². The van der Waals surface area contributed by atoms with Gasteiger partial charge in [0.2, 0.25) is 11.8 Å². The van der Waals surface area contributed by atoms with Crippen molar-refractivity contribution in [1.82, 2.24) is 5.32 Å². The van der Waals surface area contributed by atoms with Crippen LogP contribution in [-0.2, 0) is 9.59 Å². The lowest BCUT2D eigenvalue weighted by Crippen LogP contribution is -2.41. The lowest BCUT2D eigenvalue weighted by atomic mass is 9.88. The van der Waals surface area contributed by atoms with Crippen LogP contribution < -0.4 is 10.2 Å². The van der Waals surface area contributed by atoms with Crippen molar-refractivity contribution in [1.29, 1.82) is 0 Å². The van der Waals surface area contributed by atoms with Crippen molar-refractivity contribution >= 4 is 17.5 Å². The van der Waals surface area contributed by atoms with E-state index in [1.54, 1.807) is 4.90 Å². The highest BCUT2D eigenvalue weighted by atomic mass is 16.2. The zero-order valence-corrected chi connectivity index (χ0v) is 13.2. The first-order valence-electron chi connectivity index (χ1n) is 8.31. The Morgan fingerprint density at radius 1 is 1.14 bits per heavy atom. The van der Waals surface area contributed by atoms with Crippen LogP contribution in [0.25, 0.3) is 0 Å². The van der Waals surface area contributed by atoms with Gasteiger partial charge in [-0.3, -0.25) is 9.59 Å². The van der Waals surface area contributed by atoms with Gasteiger partial charge in [-0.15, -0.1) is 0 Å². The minimum Gasteiger partial charge on any atom is -0.351 e. The second kappa shape index (κ2) is 6.51. The molecule has 1 aliphatic heterocycles. The Kier molecular flexibility index (Phi) is 4.46. The number of amides is 2. The fourth-order valence-corrected chi connectivity index (χ4v) is 3.46. The van der Waals surface area contributed by atoms with Crippen LogP contribution in [0.5, 0.6) is 0 Å². The zero-order chi connectivity index (χ0) is 15.5. The van der Waals surface area contributed by atoms with Crippen molar-refractivity contribution in [2.45, 2.75) is 51.5 Å². The summed E-state index contributed by atoms with van der Waals surface area (Å²) in [6.45, 7) is 2.61. The molecule has 4 nitrogen and oxygen atoms in total. The number of carbonyl (C=O) groups is 2. The lowest BCUT2D eigenvalue weighted by molar-refractivity contribution is -0.126. The summed E-state index contributed by atoms with van der Waals surface area (Å²) in [7, 11) is 0. The van der Waals surface area contributed by atoms with E-state index in [-0.39, 0.29) is 23.8 Å². The molecule has 1 saturated heterocycles. The van der Waals surface area contributed by atoms with Crippen molar-refractivity contribution in [3.63, 3.8) is 0 Å². The van der Waals surface area contributed by atoms with Gasteiger partial charge in [0.15, 0.2) is 0 Å². The number of carbonyl (C=O) groups excluding carboxylic acids is 2. The van der Waals surface area contributed by atoms with E-state index in [0.717, 1.165) is 31.4 Å². The van der Waals surface area contributed by atoms with Crippen LogP contribution in [-0.4, -0.2) is 24.4 Å². The predicted octanol–water partition coefficient (Wildman–Crippen LogP) is 2.80. The highest BCUT2D eigenvalue weighted by Crippen LogP contribution is 2.25. The number of benzene rings is 1. The molecule has 3 rings (SSSR count). The third-order valence-corrected chi connectivity index (χ3v) is 4.79. The van der Waals surface area contributed by atoms with E-state index in [4.69, 9.17) is 0 Å². The largest absolute Gasteiger partial charge is 0.351 e. The van der Waals surface area contributed by atoms with Gasteiger partial charge in [-0.1, -0.05) is 37.0 Å². The number of aryl methyl sites for hydroxylation is 1. The summed E-state index contributed by atoms with van der Waals surface area (Å²) in [4.78, 5) is 26.3. The van der Waals surface area contributed by atoms with Crippen LogP contribution in [0.2, 0.25) is 0 Å². The molecule has 0 radical (unpaired) electrons. The molecule has 1 aliphatic carbocycles. The molecule has 2 aliphatic rings. The molecule has 118 valence electrons. The minimum absolute atomic E-state index is 0.0526. The SMILES string of the molecule is Cc1ccc(N2C[C@H](NC(=O)C3CCCCC3)CC2=O)cc1. The molecule has 1 atom stereocenters. The number of nitrogens with zero attached hydrogens (tertiary/aromatic N) is 1. The van der Waals surface area contributed by atoms with Gasteiger partial charge in [-0.05, 0) is 31.9 Å². The molecule has 2 fully saturated rings. The number of hydrogen-bond donors (Lipinski definition) is 1. The Balaban J connectivity index is 1.59. The number of rotatable bonds is 3. The molecular weight excluding hydrogens is 276 g/mol. The Morgan fingerprint density at radius 3 is 2.50 bits per heavy atom. The van der Waals surface area contributed by atoms with Crippen LogP contribution >= 0.6 is 0 Å². The smallest absolute Gasteiger partial charge is 0.229 e. The normalized spacial score (nSPS) is 22.9. The van der Waals surface area contributed by atoms with Gasteiger partial charge in [0.25, 0.3) is 0 Å². The molecule has 0 aromatic heterocycles. The van der Waals surface area contributed by atoms with Gasteiger partial charge in [0.05, 0.1) is 6.04 Å². The number of hydrogen-bond acceptors (Lipinski definition) is 2. The zero-order valence-electron chi connectivity index (χ0n) is 13.2. The maximum Gasteiger partial charge on any atom is 0.229 e. The van der Waals surface area contributed by atoms with Gasteiger partial charge in [-0.25, -0.2) is 0 Å². The van der Waals surface area contributed by atoms with Crippen LogP contribution in [0, 0.1) is 12.8 Å². The van der Waals surface area contributed by atoms with Crippen LogP contribution in [0.1, 0.15) is 44.1 Å². The second-order valence-electron chi connectivity index (χ2n) is 6.58. The lowest BCUT2D eigenvalue weighted by Gasteiger charge is -2.23. The van der Waals surface area contributed by atoms with E-state index < -0.39 is 0 Å². The second-order valence-corrected chi connectivity index (χ2v) is 6.58. The molecule has 2 amide bonds. The van der Waals surface area contributed by atoms with Crippen molar-refractivity contribution in [3.8, 4) is 0 Å². The van der Waals surface area contributed by atoms with Crippen molar-refractivity contribution in [2.75, 3.05) is 11.4 Å². The minimum atomic E-state index is -0.0526. The summed E-state index contributed by atoms with van der Waals surface area (Å²) in [6.07, 6.45) is 5.94. The van der Waals surface area contributed by atoms with E-state index in [2.05, 4.69) is 5.32 Å². The van der Waals surface area contributed by atoms with E-state index in [1.165, 1.54) is 12.0 Å². The summed E-state index contributed by atoms with van der Waals surface area (Å²) in [5.41, 5.74) is 2.10. The molecule has 4 heteroatoms. The standard InChI is InChI=1S/C18H24N2O2/c1-13-7-9-16(10-8-13)20-12-15(11-17(20)21)19-18(22)14-5-3-2-4-6-14/h7-10,14-15H,2-6,11-12H2,1H3,(H,19,22)/t15-/m1/s1. The fraction of sp³-hybridized carbons (Fsp3) is 0.556. The van der Waals surface area contributed by atoms with Gasteiger partial charge in [-0.2, -0.15) is 0 Å². The van der Waals surface area contributed by atoms with E-state index >= 15 is 0 Å². The average molecular weight is 300 g/mol. The molecule has 1 N–H and O–H groups in total. The van der Waals surface area contributed by atoms with Gasteiger partial charge in [0, 0.05) is 24.6 Å². The summed E-state index contributed by atoms with van der Waals surface area (Å²) < 4.78 is 0. The molecule has 0 unspecified atom stereocenters. The van der Waals surface area contributed by atoms with E-state index in [1.807, 2.05) is 31.2 Å². The van der Waals surface area contributed by atoms with Crippen molar-refractivity contribution in [3.05, 3.63) is 29.8 Å². The summed E-state index contributed by atoms with van der Waals surface area (Å²) in [6, 6.07) is 7.91. The van der Waals surface area contributed by atoms with Gasteiger partial charge < -0.3 is 10.2 Å². The molecule has 1 aromatic carbocycles. The Bertz CT molecular complexity index is 547. The average Bonchev–Trinajstić information content (AvgIpc) is 2.89. The molecule has 1 saturated carbocycles. The topological polar surface area (TPSA) is 49.4 Å². The van der Waals surface area contributed by atoms with Crippen molar-refractivity contribution < 1.29 is 9.59 Å². The molecule has 22 heavy (non-hydrogen) atoms. The van der Waals surface area contributed by atoms with Crippen molar-refractivity contribution in [2.24, 2.45) is 5.92 Å². The Morgan fingerprint density at radius 2 is 1.82 bits per heavy atom. The van der Waals surface area contributed by atoms with E-state index in [9.17, 15) is 9.59 Å². The predicted molar refractivity (Wildman–Crippen MR) is 86.7 cm³/mol. The third-order valence-electron chi connectivity index (χ3n) is 4.79. The number of anilines is 1.